The molecule has 0 aliphatic rings. The molecule has 0 atom stereocenters. The summed E-state index contributed by atoms with van der Waals surface area (Å²) >= 11 is 0. The highest BCUT2D eigenvalue weighted by Crippen LogP contribution is 2.14. The van der Waals surface area contributed by atoms with Crippen molar-refractivity contribution in [3.63, 3.8) is 0 Å². The van der Waals surface area contributed by atoms with E-state index in [1.807, 2.05) is 0 Å². The quantitative estimate of drug-likeness (QED) is 0.746. The monoisotopic (exact) mass is 310 g/mol. The lowest BCUT2D eigenvalue weighted by atomic mass is 10.2. The molecule has 0 saturated carbocycles. The van der Waals surface area contributed by atoms with E-state index in [1.54, 1.807) is 49.6 Å². The molecule has 2 heterocycles. The summed E-state index contributed by atoms with van der Waals surface area (Å²) in [5.74, 6) is -0.709. The number of ether oxygens (including phenoxy) is 1. The summed E-state index contributed by atoms with van der Waals surface area (Å²) in [6.45, 7) is 2.07. The summed E-state index contributed by atoms with van der Waals surface area (Å²) in [5, 5.41) is 6.82. The van der Waals surface area contributed by atoms with Gasteiger partial charge in [0.15, 0.2) is 5.65 Å². The van der Waals surface area contributed by atoms with Crippen LogP contribution in [0.4, 0.5) is 5.69 Å². The second-order valence-electron chi connectivity index (χ2n) is 4.70. The van der Waals surface area contributed by atoms with E-state index < -0.39 is 5.97 Å². The van der Waals surface area contributed by atoms with Gasteiger partial charge in [0.2, 0.25) is 0 Å². The number of nitrogens with one attached hydrogen (secondary N) is 1. The third-order valence-electron chi connectivity index (χ3n) is 3.18. The van der Waals surface area contributed by atoms with Gasteiger partial charge in [-0.1, -0.05) is 0 Å². The molecule has 0 saturated heterocycles. The molecule has 1 aromatic carbocycles. The highest BCUT2D eigenvalue weighted by atomic mass is 16.5. The van der Waals surface area contributed by atoms with Gasteiger partial charge in [-0.3, -0.25) is 4.79 Å². The standard InChI is InChI=1S/C16H14N4O3/c1-2-23-16(22)11-4-6-12(7-5-11)19-15(21)13-10-18-20-9-3-8-17-14(13)20/h3-10H,2H2,1H3,(H,19,21). The highest BCUT2D eigenvalue weighted by Gasteiger charge is 2.14. The summed E-state index contributed by atoms with van der Waals surface area (Å²) < 4.78 is 6.44. The number of carbonyl (C=O) groups excluding carboxylic acids is 2. The Hall–Kier alpha value is -3.22. The molecule has 116 valence electrons. The van der Waals surface area contributed by atoms with Crippen LogP contribution in [0.5, 0.6) is 0 Å². The Bertz CT molecular complexity index is 855. The van der Waals surface area contributed by atoms with Crippen molar-refractivity contribution in [1.29, 1.82) is 0 Å². The minimum absolute atomic E-state index is 0.317. The van der Waals surface area contributed by atoms with Crippen molar-refractivity contribution in [2.24, 2.45) is 0 Å². The molecule has 0 radical (unpaired) electrons. The Labute approximate surface area is 131 Å². The van der Waals surface area contributed by atoms with Crippen LogP contribution in [0.2, 0.25) is 0 Å². The van der Waals surface area contributed by atoms with Crippen molar-refractivity contribution in [3.05, 3.63) is 60.0 Å². The number of amides is 1. The maximum Gasteiger partial charge on any atom is 0.338 e. The minimum Gasteiger partial charge on any atom is -0.462 e. The summed E-state index contributed by atoms with van der Waals surface area (Å²) in [5.41, 5.74) is 1.86. The molecule has 0 bridgehead atoms. The smallest absolute Gasteiger partial charge is 0.338 e. The summed E-state index contributed by atoms with van der Waals surface area (Å²) in [6.07, 6.45) is 4.78. The number of carbonyl (C=O) groups is 2. The Kier molecular flexibility index (Phi) is 4.01. The molecule has 3 aromatic rings. The number of nitrogens with zero attached hydrogens (tertiary/aromatic N) is 3. The zero-order valence-corrected chi connectivity index (χ0v) is 12.4. The summed E-state index contributed by atoms with van der Waals surface area (Å²) in [7, 11) is 0. The number of fused-ring (bicyclic) bond motifs is 1. The number of hydrogen-bond acceptors (Lipinski definition) is 5. The van der Waals surface area contributed by atoms with E-state index in [0.29, 0.717) is 29.1 Å². The molecular formula is C16H14N4O3. The van der Waals surface area contributed by atoms with Gasteiger partial charge in [-0.2, -0.15) is 5.10 Å². The predicted molar refractivity (Wildman–Crippen MR) is 83.3 cm³/mol. The Morgan fingerprint density at radius 1 is 1.26 bits per heavy atom. The number of rotatable bonds is 4. The molecule has 2 aromatic heterocycles. The van der Waals surface area contributed by atoms with Crippen LogP contribution in [-0.2, 0) is 4.74 Å². The van der Waals surface area contributed by atoms with Gasteiger partial charge in [-0.25, -0.2) is 14.3 Å². The Morgan fingerprint density at radius 3 is 2.78 bits per heavy atom. The molecule has 0 unspecified atom stereocenters. The summed E-state index contributed by atoms with van der Waals surface area (Å²) in [4.78, 5) is 28.0. The van der Waals surface area contributed by atoms with E-state index in [1.165, 1.54) is 10.7 Å². The van der Waals surface area contributed by atoms with Crippen LogP contribution >= 0.6 is 0 Å². The molecular weight excluding hydrogens is 296 g/mol. The lowest BCUT2D eigenvalue weighted by Gasteiger charge is -2.05. The minimum atomic E-state index is -0.391. The zero-order valence-electron chi connectivity index (χ0n) is 12.4. The lowest BCUT2D eigenvalue weighted by molar-refractivity contribution is 0.0526. The first-order valence-electron chi connectivity index (χ1n) is 7.06. The SMILES string of the molecule is CCOC(=O)c1ccc(NC(=O)c2cnn3cccnc23)cc1. The average Bonchev–Trinajstić information content (AvgIpc) is 3.00. The van der Waals surface area contributed by atoms with Crippen LogP contribution in [0.1, 0.15) is 27.6 Å². The molecule has 1 N–H and O–H groups in total. The molecule has 1 amide bonds. The fourth-order valence-corrected chi connectivity index (χ4v) is 2.09. The first kappa shape index (κ1) is 14.7. The predicted octanol–water partition coefficient (Wildman–Crippen LogP) is 2.16. The second-order valence-corrected chi connectivity index (χ2v) is 4.70. The topological polar surface area (TPSA) is 85.6 Å². The molecule has 3 rings (SSSR count). The maximum atomic E-state index is 12.3. The van der Waals surface area contributed by atoms with E-state index in [0.717, 1.165) is 0 Å². The van der Waals surface area contributed by atoms with Crippen LogP contribution < -0.4 is 5.32 Å². The van der Waals surface area contributed by atoms with Crippen LogP contribution in [0.3, 0.4) is 0 Å². The van der Waals surface area contributed by atoms with Gasteiger partial charge in [0.25, 0.3) is 5.91 Å². The van der Waals surface area contributed by atoms with Crippen molar-refractivity contribution < 1.29 is 14.3 Å². The van der Waals surface area contributed by atoms with Crippen LogP contribution in [0, 0.1) is 0 Å². The number of aromatic nitrogens is 3. The first-order valence-corrected chi connectivity index (χ1v) is 7.06. The van der Waals surface area contributed by atoms with Crippen molar-refractivity contribution in [3.8, 4) is 0 Å². The van der Waals surface area contributed by atoms with Gasteiger partial charge in [0.1, 0.15) is 5.56 Å². The van der Waals surface area contributed by atoms with Crippen LogP contribution in [-0.4, -0.2) is 33.1 Å². The zero-order chi connectivity index (χ0) is 16.2. The van der Waals surface area contributed by atoms with E-state index in [9.17, 15) is 9.59 Å². The van der Waals surface area contributed by atoms with Gasteiger partial charge < -0.3 is 10.1 Å². The molecule has 7 nitrogen and oxygen atoms in total. The molecule has 0 aliphatic heterocycles. The number of hydrogen-bond donors (Lipinski definition) is 1. The largest absolute Gasteiger partial charge is 0.462 e. The van der Waals surface area contributed by atoms with Gasteiger partial charge in [0.05, 0.1) is 18.4 Å². The maximum absolute atomic E-state index is 12.3. The Morgan fingerprint density at radius 2 is 2.04 bits per heavy atom. The van der Waals surface area contributed by atoms with Crippen molar-refractivity contribution in [2.75, 3.05) is 11.9 Å². The molecule has 23 heavy (non-hydrogen) atoms. The van der Waals surface area contributed by atoms with Crippen molar-refractivity contribution >= 4 is 23.2 Å². The molecule has 0 fully saturated rings. The van der Waals surface area contributed by atoms with Gasteiger partial charge in [0, 0.05) is 18.1 Å². The summed E-state index contributed by atoms with van der Waals surface area (Å²) in [6, 6.07) is 8.21. The van der Waals surface area contributed by atoms with Crippen molar-refractivity contribution in [2.45, 2.75) is 6.92 Å². The molecule has 0 spiro atoms. The third kappa shape index (κ3) is 3.03. The molecule has 7 heteroatoms. The normalized spacial score (nSPS) is 10.5. The van der Waals surface area contributed by atoms with E-state index >= 15 is 0 Å². The fourth-order valence-electron chi connectivity index (χ4n) is 2.09. The molecule has 0 aliphatic carbocycles. The van der Waals surface area contributed by atoms with Crippen LogP contribution in [0.25, 0.3) is 5.65 Å². The number of esters is 1. The van der Waals surface area contributed by atoms with Gasteiger partial charge in [-0.05, 0) is 37.3 Å². The Balaban J connectivity index is 1.76. The van der Waals surface area contributed by atoms with E-state index in [2.05, 4.69) is 15.4 Å². The van der Waals surface area contributed by atoms with Gasteiger partial charge >= 0.3 is 5.97 Å². The van der Waals surface area contributed by atoms with Gasteiger partial charge in [-0.15, -0.1) is 0 Å². The average molecular weight is 310 g/mol. The van der Waals surface area contributed by atoms with Crippen LogP contribution in [0.15, 0.2) is 48.9 Å². The lowest BCUT2D eigenvalue weighted by Crippen LogP contribution is -2.12. The number of benzene rings is 1. The van der Waals surface area contributed by atoms with Crippen molar-refractivity contribution in [1.82, 2.24) is 14.6 Å². The van der Waals surface area contributed by atoms with E-state index in [4.69, 9.17) is 4.74 Å². The third-order valence-corrected chi connectivity index (χ3v) is 3.18. The van der Waals surface area contributed by atoms with E-state index in [-0.39, 0.29) is 5.91 Å². The fraction of sp³-hybridized carbons (Fsp3) is 0.125. The number of anilines is 1. The highest BCUT2D eigenvalue weighted by molar-refractivity contribution is 6.08. The first-order chi connectivity index (χ1) is 11.2. The second kappa shape index (κ2) is 6.27.